The Hall–Kier alpha value is -3.70. The summed E-state index contributed by atoms with van der Waals surface area (Å²) in [5, 5.41) is 6.33. The molecule has 3 rings (SSSR count). The van der Waals surface area contributed by atoms with E-state index in [1.54, 1.807) is 26.0 Å². The molecule has 1 aliphatic carbocycles. The maximum Gasteiger partial charge on any atom is 0.272 e. The van der Waals surface area contributed by atoms with Gasteiger partial charge in [0.15, 0.2) is 0 Å². The molecule has 1 aromatic carbocycles. The smallest absolute Gasteiger partial charge is 0.272 e. The number of amides is 1. The summed E-state index contributed by atoms with van der Waals surface area (Å²) in [4.78, 5) is 26.3. The number of aryl methyl sites for hydroxylation is 1. The molecular weight excluding hydrogens is 492 g/mol. The van der Waals surface area contributed by atoms with Crippen LogP contribution in [0.3, 0.4) is 0 Å². The Morgan fingerprint density at radius 2 is 2.00 bits per heavy atom. The number of hydrogen-bond donors (Lipinski definition) is 3. The molecular formula is C26H34N6O4S. The van der Waals surface area contributed by atoms with Crippen LogP contribution in [0.25, 0.3) is 0 Å². The maximum absolute atomic E-state index is 12.8. The van der Waals surface area contributed by atoms with Gasteiger partial charge < -0.3 is 10.6 Å². The second-order valence-electron chi connectivity index (χ2n) is 8.79. The fraction of sp³-hybridized carbons (Fsp3) is 0.346. The summed E-state index contributed by atoms with van der Waals surface area (Å²) in [6.45, 7) is 9.18. The van der Waals surface area contributed by atoms with E-state index in [9.17, 15) is 13.2 Å². The van der Waals surface area contributed by atoms with Crippen molar-refractivity contribution in [2.24, 2.45) is 4.99 Å². The van der Waals surface area contributed by atoms with Crippen LogP contribution in [0.5, 0.6) is 0 Å². The molecule has 1 aromatic heterocycles. The largest absolute Gasteiger partial charge is 0.353 e. The number of pyridine rings is 1. The normalized spacial score (nSPS) is 14.5. The van der Waals surface area contributed by atoms with Gasteiger partial charge in [0.1, 0.15) is 11.6 Å². The molecule has 1 fully saturated rings. The van der Waals surface area contributed by atoms with Crippen molar-refractivity contribution in [2.75, 3.05) is 34.8 Å². The highest BCUT2D eigenvalue weighted by Gasteiger charge is 2.26. The number of carbonyl (C=O) groups excluding carboxylic acids is 1. The van der Waals surface area contributed by atoms with Gasteiger partial charge in [-0.1, -0.05) is 12.1 Å². The first-order valence-electron chi connectivity index (χ1n) is 11.9. The second-order valence-corrected chi connectivity index (χ2v) is 10.8. The van der Waals surface area contributed by atoms with Gasteiger partial charge in [0, 0.05) is 24.4 Å². The van der Waals surface area contributed by atoms with Gasteiger partial charge in [0.2, 0.25) is 10.0 Å². The lowest BCUT2D eigenvalue weighted by Gasteiger charge is -2.23. The van der Waals surface area contributed by atoms with Gasteiger partial charge in [0.05, 0.1) is 29.9 Å². The minimum atomic E-state index is -3.54. The van der Waals surface area contributed by atoms with Crippen LogP contribution in [0.4, 0.5) is 17.2 Å². The molecule has 1 heterocycles. The molecule has 1 aliphatic rings. The van der Waals surface area contributed by atoms with E-state index in [0.29, 0.717) is 41.2 Å². The van der Waals surface area contributed by atoms with Crippen molar-refractivity contribution in [1.82, 2.24) is 10.5 Å². The monoisotopic (exact) mass is 526 g/mol. The SMILES string of the molecule is C=N/C(=C\C(Nc1ccc(C2CC2)cc1N(C)S(C)(=O)=O)=C(/C)C(=O)NOCC)Nc1cccc(C)n1. The molecule has 198 valence electrons. The molecule has 0 saturated heterocycles. The van der Waals surface area contributed by atoms with E-state index in [1.807, 2.05) is 37.3 Å². The van der Waals surface area contributed by atoms with E-state index in [2.05, 4.69) is 32.8 Å². The van der Waals surface area contributed by atoms with Crippen LogP contribution in [0.15, 0.2) is 64.6 Å². The Bertz CT molecular complexity index is 1330. The van der Waals surface area contributed by atoms with E-state index in [1.165, 1.54) is 11.4 Å². The van der Waals surface area contributed by atoms with Crippen molar-refractivity contribution in [1.29, 1.82) is 0 Å². The Kier molecular flexibility index (Phi) is 9.06. The van der Waals surface area contributed by atoms with E-state index in [-0.39, 0.29) is 5.57 Å². The van der Waals surface area contributed by atoms with E-state index in [4.69, 9.17) is 4.84 Å². The zero-order chi connectivity index (χ0) is 27.2. The van der Waals surface area contributed by atoms with Crippen LogP contribution in [-0.2, 0) is 19.7 Å². The molecule has 0 radical (unpaired) electrons. The zero-order valence-electron chi connectivity index (χ0n) is 21.8. The summed E-state index contributed by atoms with van der Waals surface area (Å²) in [6, 6.07) is 11.2. The lowest BCUT2D eigenvalue weighted by Crippen LogP contribution is -2.27. The minimum absolute atomic E-state index is 0.285. The fourth-order valence-electron chi connectivity index (χ4n) is 3.49. The van der Waals surface area contributed by atoms with Crippen LogP contribution in [0.2, 0.25) is 0 Å². The molecule has 3 N–H and O–H groups in total. The Morgan fingerprint density at radius 3 is 2.59 bits per heavy atom. The first-order valence-corrected chi connectivity index (χ1v) is 13.7. The van der Waals surface area contributed by atoms with Gasteiger partial charge in [0.25, 0.3) is 5.91 Å². The van der Waals surface area contributed by atoms with Gasteiger partial charge >= 0.3 is 0 Å². The fourth-order valence-corrected chi connectivity index (χ4v) is 3.99. The molecule has 0 unspecified atom stereocenters. The van der Waals surface area contributed by atoms with Gasteiger partial charge in [-0.25, -0.2) is 23.9 Å². The first-order chi connectivity index (χ1) is 17.5. The minimum Gasteiger partial charge on any atom is -0.353 e. The summed E-state index contributed by atoms with van der Waals surface area (Å²) in [5.41, 5.74) is 5.90. The van der Waals surface area contributed by atoms with Gasteiger partial charge in [-0.15, -0.1) is 0 Å². The number of hydroxylamine groups is 1. The average molecular weight is 527 g/mol. The second kappa shape index (κ2) is 12.0. The predicted octanol–water partition coefficient (Wildman–Crippen LogP) is 4.07. The number of anilines is 3. The summed E-state index contributed by atoms with van der Waals surface area (Å²) in [5.74, 6) is 0.847. The van der Waals surface area contributed by atoms with E-state index in [0.717, 1.165) is 30.4 Å². The van der Waals surface area contributed by atoms with Gasteiger partial charge in [-0.05, 0) is 76.1 Å². The molecule has 11 heteroatoms. The number of benzene rings is 1. The van der Waals surface area contributed by atoms with Crippen LogP contribution in [-0.4, -0.2) is 45.9 Å². The molecule has 0 aliphatic heterocycles. The van der Waals surface area contributed by atoms with E-state index < -0.39 is 15.9 Å². The predicted molar refractivity (Wildman–Crippen MR) is 148 cm³/mol. The molecule has 1 amide bonds. The van der Waals surface area contributed by atoms with Gasteiger partial charge in [-0.2, -0.15) is 0 Å². The lowest BCUT2D eigenvalue weighted by atomic mass is 10.1. The number of allylic oxidation sites excluding steroid dienone is 1. The van der Waals surface area contributed by atoms with E-state index >= 15 is 0 Å². The third-order valence-electron chi connectivity index (χ3n) is 5.83. The average Bonchev–Trinajstić information content (AvgIpc) is 3.70. The van der Waals surface area contributed by atoms with Gasteiger partial charge in [-0.3, -0.25) is 13.9 Å². The molecule has 2 aromatic rings. The molecule has 37 heavy (non-hydrogen) atoms. The molecule has 0 bridgehead atoms. The highest BCUT2D eigenvalue weighted by molar-refractivity contribution is 7.92. The van der Waals surface area contributed by atoms with Crippen molar-refractivity contribution in [3.05, 3.63) is 70.8 Å². The van der Waals surface area contributed by atoms with Crippen LogP contribution < -0.4 is 20.4 Å². The number of hydrogen-bond acceptors (Lipinski definition) is 8. The molecule has 10 nitrogen and oxygen atoms in total. The Morgan fingerprint density at radius 1 is 1.27 bits per heavy atom. The quantitative estimate of drug-likeness (QED) is 0.165. The molecule has 0 atom stereocenters. The van der Waals surface area contributed by atoms with Crippen molar-refractivity contribution < 1.29 is 18.0 Å². The lowest BCUT2D eigenvalue weighted by molar-refractivity contribution is -0.129. The zero-order valence-corrected chi connectivity index (χ0v) is 22.6. The van der Waals surface area contributed by atoms with Crippen molar-refractivity contribution in [3.63, 3.8) is 0 Å². The summed E-state index contributed by atoms with van der Waals surface area (Å²) < 4.78 is 26.1. The number of nitrogens with one attached hydrogen (secondary N) is 3. The number of aliphatic imine (C=N–C) groups is 1. The number of rotatable bonds is 12. The number of nitrogens with zero attached hydrogens (tertiary/aromatic N) is 3. The molecule has 1 saturated carbocycles. The molecule has 0 spiro atoms. The topological polar surface area (TPSA) is 125 Å². The third kappa shape index (κ3) is 7.64. The number of carbonyl (C=O) groups is 1. The standard InChI is InChI=1S/C26H34N6O4S/c1-7-36-31-26(33)18(3)22(16-25(27-4)30-24-10-8-9-17(2)28-24)29-21-14-13-20(19-11-12-19)15-23(21)32(5)37(6,34)35/h8-10,13-16,19,29H,4,7,11-12H2,1-3,5-6H3,(H,28,30)(H,31,33)/b22-18-,25-16+. The van der Waals surface area contributed by atoms with Crippen LogP contribution >= 0.6 is 0 Å². The summed E-state index contributed by atoms with van der Waals surface area (Å²) in [6.07, 6.45) is 4.91. The van der Waals surface area contributed by atoms with Crippen LogP contribution in [0.1, 0.15) is 43.9 Å². The summed E-state index contributed by atoms with van der Waals surface area (Å²) in [7, 11) is -2.04. The van der Waals surface area contributed by atoms with Crippen molar-refractivity contribution >= 4 is 39.8 Å². The third-order valence-corrected chi connectivity index (χ3v) is 7.02. The summed E-state index contributed by atoms with van der Waals surface area (Å²) >= 11 is 0. The number of sulfonamides is 1. The number of aromatic nitrogens is 1. The van der Waals surface area contributed by atoms with Crippen LogP contribution in [0, 0.1) is 6.92 Å². The van der Waals surface area contributed by atoms with Crippen molar-refractivity contribution in [3.8, 4) is 0 Å². The van der Waals surface area contributed by atoms with Crippen molar-refractivity contribution in [2.45, 2.75) is 39.5 Å². The maximum atomic E-state index is 12.8. The highest BCUT2D eigenvalue weighted by Crippen LogP contribution is 2.43. The Labute approximate surface area is 218 Å². The first kappa shape index (κ1) is 27.9. The highest BCUT2D eigenvalue weighted by atomic mass is 32.2. The Balaban J connectivity index is 2.07.